The highest BCUT2D eigenvalue weighted by Crippen LogP contribution is 2.29. The van der Waals surface area contributed by atoms with Gasteiger partial charge < -0.3 is 26.6 Å². The fraction of sp³-hybridized carbons (Fsp3) is 0.389. The van der Waals surface area contributed by atoms with Crippen LogP contribution in [0, 0.1) is 18.8 Å². The Labute approximate surface area is 280 Å². The number of nitrogens with two attached hydrogens (primary N) is 1. The number of benzene rings is 3. The van der Waals surface area contributed by atoms with Crippen molar-refractivity contribution in [1.82, 2.24) is 36.2 Å². The normalized spacial score (nSPS) is 18.6. The van der Waals surface area contributed by atoms with Crippen molar-refractivity contribution in [2.45, 2.75) is 45.1 Å². The Bertz CT molecular complexity index is 1690. The van der Waals surface area contributed by atoms with Gasteiger partial charge in [-0.3, -0.25) is 14.4 Å². The van der Waals surface area contributed by atoms with Crippen LogP contribution in [-0.4, -0.2) is 82.0 Å². The van der Waals surface area contributed by atoms with Crippen molar-refractivity contribution in [3.63, 3.8) is 0 Å². The molecule has 6 N–H and O–H groups in total. The number of aromatic nitrogens is 4. The first-order valence-electron chi connectivity index (χ1n) is 16.7. The van der Waals surface area contributed by atoms with Crippen LogP contribution in [0.25, 0.3) is 22.5 Å². The van der Waals surface area contributed by atoms with Gasteiger partial charge >= 0.3 is 0 Å². The van der Waals surface area contributed by atoms with Gasteiger partial charge in [-0.2, -0.15) is 5.21 Å². The number of amides is 3. The molecule has 2 heterocycles. The Morgan fingerprint density at radius 3 is 2.31 bits per heavy atom. The van der Waals surface area contributed by atoms with Gasteiger partial charge in [0.2, 0.25) is 17.6 Å². The van der Waals surface area contributed by atoms with Crippen LogP contribution in [0.5, 0.6) is 0 Å². The largest absolute Gasteiger partial charge is 0.344 e. The van der Waals surface area contributed by atoms with Crippen molar-refractivity contribution < 1.29 is 14.4 Å². The van der Waals surface area contributed by atoms with Crippen LogP contribution >= 0.6 is 0 Å². The highest BCUT2D eigenvalue weighted by Gasteiger charge is 2.29. The second-order valence-corrected chi connectivity index (χ2v) is 12.8. The monoisotopic (exact) mass is 649 g/mol. The minimum atomic E-state index is -0.783. The summed E-state index contributed by atoms with van der Waals surface area (Å²) in [6, 6.07) is 20.2. The molecule has 250 valence electrons. The molecule has 3 aromatic carbocycles. The third-order valence-electron chi connectivity index (χ3n) is 9.53. The highest BCUT2D eigenvalue weighted by molar-refractivity contribution is 5.98. The number of hydrogen-bond acceptors (Lipinski definition) is 8. The van der Waals surface area contributed by atoms with E-state index in [2.05, 4.69) is 36.6 Å². The van der Waals surface area contributed by atoms with Gasteiger partial charge in [-0.05, 0) is 109 Å². The maximum Gasteiger partial charge on any atom is 0.253 e. The van der Waals surface area contributed by atoms with Crippen LogP contribution in [0.1, 0.15) is 47.2 Å². The number of H-pyrrole nitrogens is 1. The van der Waals surface area contributed by atoms with Gasteiger partial charge in [-0.25, -0.2) is 0 Å². The first kappa shape index (κ1) is 33.0. The average Bonchev–Trinajstić information content (AvgIpc) is 3.68. The number of aromatic amines is 1. The number of rotatable bonds is 10. The van der Waals surface area contributed by atoms with Crippen molar-refractivity contribution in [2.75, 3.05) is 38.0 Å². The number of nitrogens with zero attached hydrogens (tertiary/aromatic N) is 4. The zero-order chi connectivity index (χ0) is 33.5. The standard InChI is InChI=1S/C36H43N9O3/c1-23-2-7-29(36(48)45-18-16-38-17-19-45)21-31(23)26-8-3-24(4-9-26)20-32(40-34(46)28-10-5-25(22-37)6-11-28)35(47)39-30-14-12-27(13-15-30)33-41-43-44-42-33/h2-4,7-9,12-15,21,25,28,32,38H,5-6,10-11,16-20,22,37H2,1H3,(H,39,47)(H,40,46)(H,41,42,43,44)/t25?,28?,32-/m0/s1. The number of tetrazole rings is 1. The van der Waals surface area contributed by atoms with Crippen molar-refractivity contribution >= 4 is 23.4 Å². The Kier molecular flexibility index (Phi) is 10.5. The van der Waals surface area contributed by atoms with E-state index in [-0.39, 0.29) is 23.6 Å². The van der Waals surface area contributed by atoms with E-state index < -0.39 is 6.04 Å². The number of piperazine rings is 1. The highest BCUT2D eigenvalue weighted by atomic mass is 16.2. The maximum absolute atomic E-state index is 13.7. The van der Waals surface area contributed by atoms with Crippen molar-refractivity contribution in [3.05, 3.63) is 83.4 Å². The first-order chi connectivity index (χ1) is 23.4. The molecule has 2 aliphatic rings. The summed E-state index contributed by atoms with van der Waals surface area (Å²) in [5.41, 5.74) is 11.8. The second kappa shape index (κ2) is 15.3. The van der Waals surface area contributed by atoms with Crippen LogP contribution in [0.4, 0.5) is 5.69 Å². The number of nitrogens with one attached hydrogen (secondary N) is 4. The molecule has 1 saturated heterocycles. The number of hydrogen-bond donors (Lipinski definition) is 5. The summed E-state index contributed by atoms with van der Waals surface area (Å²) in [5.74, 6) is 0.408. The summed E-state index contributed by atoms with van der Waals surface area (Å²) in [7, 11) is 0. The molecule has 2 fully saturated rings. The maximum atomic E-state index is 13.7. The summed E-state index contributed by atoms with van der Waals surface area (Å²) in [6.45, 7) is 5.67. The van der Waals surface area contributed by atoms with E-state index >= 15 is 0 Å². The predicted molar refractivity (Wildman–Crippen MR) is 184 cm³/mol. The Morgan fingerprint density at radius 2 is 1.65 bits per heavy atom. The molecule has 1 saturated carbocycles. The quantitative estimate of drug-likeness (QED) is 0.174. The third kappa shape index (κ3) is 7.95. The molecule has 48 heavy (non-hydrogen) atoms. The van der Waals surface area contributed by atoms with E-state index in [9.17, 15) is 14.4 Å². The van der Waals surface area contributed by atoms with E-state index in [0.29, 0.717) is 49.0 Å². The average molecular weight is 650 g/mol. The molecule has 1 aliphatic carbocycles. The van der Waals surface area contributed by atoms with Gasteiger partial charge in [0.15, 0.2) is 0 Å². The molecular weight excluding hydrogens is 606 g/mol. The van der Waals surface area contributed by atoms with Gasteiger partial charge in [0, 0.05) is 55.3 Å². The lowest BCUT2D eigenvalue weighted by atomic mass is 9.81. The Balaban J connectivity index is 1.17. The first-order valence-corrected chi connectivity index (χ1v) is 16.7. The third-order valence-corrected chi connectivity index (χ3v) is 9.53. The number of anilines is 1. The van der Waals surface area contributed by atoms with Crippen molar-refractivity contribution in [1.29, 1.82) is 0 Å². The fourth-order valence-electron chi connectivity index (χ4n) is 6.55. The van der Waals surface area contributed by atoms with E-state index in [1.807, 2.05) is 54.3 Å². The smallest absolute Gasteiger partial charge is 0.253 e. The Hall–Kier alpha value is -4.94. The molecule has 0 spiro atoms. The van der Waals surface area contributed by atoms with E-state index in [0.717, 1.165) is 66.6 Å². The molecule has 1 aliphatic heterocycles. The lowest BCUT2D eigenvalue weighted by Crippen LogP contribution is -2.48. The van der Waals surface area contributed by atoms with Crippen LogP contribution in [0.2, 0.25) is 0 Å². The molecule has 3 amide bonds. The van der Waals surface area contributed by atoms with Crippen LogP contribution in [0.15, 0.2) is 66.7 Å². The molecule has 0 bridgehead atoms. The topological polar surface area (TPSA) is 171 Å². The minimum Gasteiger partial charge on any atom is -0.344 e. The van der Waals surface area contributed by atoms with E-state index in [1.165, 1.54) is 0 Å². The lowest BCUT2D eigenvalue weighted by Gasteiger charge is -2.28. The van der Waals surface area contributed by atoms with E-state index in [1.54, 1.807) is 24.3 Å². The van der Waals surface area contributed by atoms with Crippen molar-refractivity contribution in [2.24, 2.45) is 17.6 Å². The SMILES string of the molecule is Cc1ccc(C(=O)N2CCNCC2)cc1-c1ccc(C[C@H](NC(=O)C2CCC(CN)CC2)C(=O)Nc2ccc(-c3nn[nH]n3)cc2)cc1. The van der Waals surface area contributed by atoms with Crippen molar-refractivity contribution in [3.8, 4) is 22.5 Å². The number of aryl methyl sites for hydroxylation is 1. The summed E-state index contributed by atoms with van der Waals surface area (Å²) in [6.07, 6.45) is 3.69. The van der Waals surface area contributed by atoms with Crippen LogP contribution in [-0.2, 0) is 16.0 Å². The minimum absolute atomic E-state index is 0.0416. The van der Waals surface area contributed by atoms with Gasteiger partial charge in [-0.1, -0.05) is 30.3 Å². The summed E-state index contributed by atoms with van der Waals surface area (Å²) >= 11 is 0. The van der Waals surface area contributed by atoms with E-state index in [4.69, 9.17) is 5.73 Å². The molecule has 4 aromatic rings. The molecule has 0 radical (unpaired) electrons. The predicted octanol–water partition coefficient (Wildman–Crippen LogP) is 3.32. The molecular formula is C36H43N9O3. The van der Waals surface area contributed by atoms with Gasteiger partial charge in [0.25, 0.3) is 5.91 Å². The molecule has 12 nitrogen and oxygen atoms in total. The Morgan fingerprint density at radius 1 is 0.938 bits per heavy atom. The van der Waals surface area contributed by atoms with Crippen LogP contribution in [0.3, 0.4) is 0 Å². The van der Waals surface area contributed by atoms with Gasteiger partial charge in [0.05, 0.1) is 0 Å². The summed E-state index contributed by atoms with van der Waals surface area (Å²) in [4.78, 5) is 42.2. The molecule has 1 aromatic heterocycles. The molecule has 0 unspecified atom stereocenters. The van der Waals surface area contributed by atoms with Crippen LogP contribution < -0.4 is 21.7 Å². The lowest BCUT2D eigenvalue weighted by molar-refractivity contribution is -0.130. The molecule has 12 heteroatoms. The van der Waals surface area contributed by atoms with Gasteiger partial charge in [-0.15, -0.1) is 10.2 Å². The van der Waals surface area contributed by atoms with Gasteiger partial charge in [0.1, 0.15) is 6.04 Å². The molecule has 6 rings (SSSR count). The fourth-order valence-corrected chi connectivity index (χ4v) is 6.55. The summed E-state index contributed by atoms with van der Waals surface area (Å²) < 4.78 is 0. The zero-order valence-electron chi connectivity index (χ0n) is 27.2. The number of carbonyl (C=O) groups excluding carboxylic acids is 3. The second-order valence-electron chi connectivity index (χ2n) is 12.8. The summed E-state index contributed by atoms with van der Waals surface area (Å²) in [5, 5.41) is 23.3. The molecule has 1 atom stereocenters. The zero-order valence-corrected chi connectivity index (χ0v) is 27.2. The number of carbonyl (C=O) groups is 3.